The molecule has 1 aliphatic heterocycles. The van der Waals surface area contributed by atoms with Crippen molar-refractivity contribution in [3.63, 3.8) is 0 Å². The molecule has 45 heavy (non-hydrogen) atoms. The Balaban J connectivity index is 0.00000250. The standard InChI is InChI=1S/C25H38F3N5O5.C4H6.C3H6/c1-15(2)32-16(3)29-10-11-30-21(34)20-19-8-7-18(37-6)13-17(19)9-12-33(20)23(36)38-24(4,5)22(35)31-14-25(26,27)28;1-3-4-2;1-3-2/h7-8,13,15-16,20,29,32H,9-12,14H2,1-6H3,(H,30,34)(H,31,35);3-4H,1-2H2;3H,1H2,2H3. The first kappa shape index (κ1) is 41.2. The maximum absolute atomic E-state index is 13.3. The lowest BCUT2D eigenvalue weighted by molar-refractivity contribution is -0.149. The number of halogens is 3. The normalized spacial score (nSPS) is 14.6. The first-order valence-corrected chi connectivity index (χ1v) is 14.6. The largest absolute Gasteiger partial charge is 0.497 e. The van der Waals surface area contributed by atoms with Crippen LogP contribution in [0.5, 0.6) is 5.75 Å². The summed E-state index contributed by atoms with van der Waals surface area (Å²) in [4.78, 5) is 40.0. The highest BCUT2D eigenvalue weighted by Gasteiger charge is 2.41. The van der Waals surface area contributed by atoms with E-state index in [0.717, 1.165) is 5.56 Å². The number of fused-ring (bicyclic) bond motifs is 1. The number of hydrogen-bond acceptors (Lipinski definition) is 7. The van der Waals surface area contributed by atoms with Crippen molar-refractivity contribution in [1.82, 2.24) is 26.2 Å². The topological polar surface area (TPSA) is 121 Å². The van der Waals surface area contributed by atoms with Crippen LogP contribution in [0.15, 0.2) is 56.2 Å². The van der Waals surface area contributed by atoms with Crippen LogP contribution in [0, 0.1) is 0 Å². The summed E-state index contributed by atoms with van der Waals surface area (Å²) in [5, 5.41) is 11.1. The molecule has 1 heterocycles. The average molecular weight is 642 g/mol. The van der Waals surface area contributed by atoms with Crippen molar-refractivity contribution in [3.05, 3.63) is 67.3 Å². The van der Waals surface area contributed by atoms with Gasteiger partial charge in [0, 0.05) is 25.7 Å². The first-order valence-electron chi connectivity index (χ1n) is 14.6. The maximum Gasteiger partial charge on any atom is 0.411 e. The molecule has 10 nitrogen and oxygen atoms in total. The number of hydrogen-bond donors (Lipinski definition) is 4. The molecule has 1 aromatic rings. The van der Waals surface area contributed by atoms with Gasteiger partial charge >= 0.3 is 12.3 Å². The second kappa shape index (κ2) is 20.2. The van der Waals surface area contributed by atoms with Crippen molar-refractivity contribution in [3.8, 4) is 5.75 Å². The zero-order valence-electron chi connectivity index (χ0n) is 27.5. The molecule has 1 aliphatic rings. The van der Waals surface area contributed by atoms with Gasteiger partial charge < -0.3 is 25.4 Å². The van der Waals surface area contributed by atoms with E-state index in [1.165, 1.54) is 25.9 Å². The number of carbonyl (C=O) groups is 3. The maximum atomic E-state index is 13.3. The molecule has 1 aromatic carbocycles. The van der Waals surface area contributed by atoms with E-state index in [1.54, 1.807) is 41.7 Å². The van der Waals surface area contributed by atoms with Gasteiger partial charge in [0.1, 0.15) is 18.3 Å². The highest BCUT2D eigenvalue weighted by atomic mass is 19.4. The van der Waals surface area contributed by atoms with E-state index >= 15 is 0 Å². The molecule has 0 aromatic heterocycles. The van der Waals surface area contributed by atoms with Crippen LogP contribution in [0.3, 0.4) is 0 Å². The lowest BCUT2D eigenvalue weighted by atomic mass is 9.92. The monoisotopic (exact) mass is 641 g/mol. The Labute approximate surface area is 265 Å². The van der Waals surface area contributed by atoms with Gasteiger partial charge in [-0.25, -0.2) is 4.79 Å². The van der Waals surface area contributed by atoms with Gasteiger partial charge in [-0.05, 0) is 71.2 Å². The van der Waals surface area contributed by atoms with Gasteiger partial charge in [-0.1, -0.05) is 37.5 Å². The molecule has 0 saturated carbocycles. The van der Waals surface area contributed by atoms with Crippen LogP contribution >= 0.6 is 0 Å². The molecular weight excluding hydrogens is 591 g/mol. The Morgan fingerprint density at radius 1 is 1.07 bits per heavy atom. The van der Waals surface area contributed by atoms with E-state index in [2.05, 4.69) is 35.7 Å². The highest BCUT2D eigenvalue weighted by Crippen LogP contribution is 2.33. The molecule has 0 fully saturated rings. The van der Waals surface area contributed by atoms with E-state index in [-0.39, 0.29) is 25.3 Å². The molecule has 0 bridgehead atoms. The molecule has 13 heteroatoms. The van der Waals surface area contributed by atoms with E-state index in [4.69, 9.17) is 9.47 Å². The van der Waals surface area contributed by atoms with Crippen molar-refractivity contribution in [2.45, 2.75) is 78.0 Å². The number of amides is 3. The van der Waals surface area contributed by atoms with Crippen molar-refractivity contribution in [2.75, 3.05) is 33.3 Å². The third-order valence-corrected chi connectivity index (χ3v) is 6.02. The summed E-state index contributed by atoms with van der Waals surface area (Å²) in [7, 11) is 1.52. The lowest BCUT2D eigenvalue weighted by Crippen LogP contribution is -2.53. The predicted molar refractivity (Wildman–Crippen MR) is 171 cm³/mol. The number of benzene rings is 1. The smallest absolute Gasteiger partial charge is 0.411 e. The minimum Gasteiger partial charge on any atom is -0.497 e. The summed E-state index contributed by atoms with van der Waals surface area (Å²) in [6.07, 6.45) is -0.182. The summed E-state index contributed by atoms with van der Waals surface area (Å²) in [5.74, 6) is -0.975. The van der Waals surface area contributed by atoms with Gasteiger partial charge in [0.2, 0.25) is 5.91 Å². The van der Waals surface area contributed by atoms with E-state index in [9.17, 15) is 27.6 Å². The minimum atomic E-state index is -4.62. The summed E-state index contributed by atoms with van der Waals surface area (Å²) in [6, 6.07) is 4.35. The number of allylic oxidation sites excluding steroid dienone is 3. The van der Waals surface area contributed by atoms with Crippen LogP contribution in [-0.2, 0) is 20.7 Å². The Morgan fingerprint density at radius 2 is 1.67 bits per heavy atom. The molecule has 2 unspecified atom stereocenters. The number of alkyl halides is 3. The lowest BCUT2D eigenvalue weighted by Gasteiger charge is -2.37. The fourth-order valence-electron chi connectivity index (χ4n) is 4.06. The summed E-state index contributed by atoms with van der Waals surface area (Å²) >= 11 is 0. The second-order valence-electron chi connectivity index (χ2n) is 10.8. The molecule has 2 rings (SSSR count). The van der Waals surface area contributed by atoms with Gasteiger partial charge in [-0.2, -0.15) is 13.2 Å². The van der Waals surface area contributed by atoms with Crippen molar-refractivity contribution in [1.29, 1.82) is 0 Å². The molecule has 0 saturated heterocycles. The SMILES string of the molecule is C=CC.C=CC=C.COc1ccc2c(c1)CCN(C(=O)OC(C)(C)C(=O)NCC(F)(F)F)C2C(=O)NCCNC(C)NC(C)C. The Hall–Kier alpha value is -3.84. The number of nitrogens with zero attached hydrogens (tertiary/aromatic N) is 1. The molecular formula is C32H50F3N5O5. The van der Waals surface area contributed by atoms with Gasteiger partial charge in [0.25, 0.3) is 5.91 Å². The molecule has 2 atom stereocenters. The zero-order valence-corrected chi connectivity index (χ0v) is 27.5. The molecule has 3 amide bonds. The van der Waals surface area contributed by atoms with Crippen molar-refractivity contribution >= 4 is 17.9 Å². The van der Waals surface area contributed by atoms with E-state index in [1.807, 2.05) is 27.7 Å². The highest BCUT2D eigenvalue weighted by molar-refractivity contribution is 5.90. The van der Waals surface area contributed by atoms with Crippen LogP contribution < -0.4 is 26.0 Å². The average Bonchev–Trinajstić information content (AvgIpc) is 2.96. The fraction of sp³-hybridized carbons (Fsp3) is 0.531. The van der Waals surface area contributed by atoms with Crippen LogP contribution in [0.2, 0.25) is 0 Å². The summed E-state index contributed by atoms with van der Waals surface area (Å²) in [5.41, 5.74) is -0.537. The Bertz CT molecular complexity index is 1120. The van der Waals surface area contributed by atoms with Gasteiger partial charge in [0.15, 0.2) is 5.60 Å². The molecule has 4 N–H and O–H groups in total. The molecule has 0 radical (unpaired) electrons. The van der Waals surface area contributed by atoms with Crippen molar-refractivity contribution in [2.24, 2.45) is 0 Å². The van der Waals surface area contributed by atoms with Gasteiger partial charge in [-0.3, -0.25) is 19.8 Å². The fourth-order valence-corrected chi connectivity index (χ4v) is 4.06. The second-order valence-corrected chi connectivity index (χ2v) is 10.8. The van der Waals surface area contributed by atoms with E-state index < -0.39 is 42.3 Å². The quantitative estimate of drug-likeness (QED) is 0.112. The Kier molecular flexibility index (Phi) is 18.5. The van der Waals surface area contributed by atoms with E-state index in [0.29, 0.717) is 24.3 Å². The third kappa shape index (κ3) is 15.6. The Morgan fingerprint density at radius 3 is 2.18 bits per heavy atom. The third-order valence-electron chi connectivity index (χ3n) is 6.02. The molecule has 0 spiro atoms. The van der Waals surface area contributed by atoms with Gasteiger partial charge in [-0.15, -0.1) is 6.58 Å². The first-order chi connectivity index (χ1) is 21.0. The number of rotatable bonds is 12. The summed E-state index contributed by atoms with van der Waals surface area (Å²) in [6.45, 7) is 19.6. The minimum absolute atomic E-state index is 0.0203. The zero-order chi connectivity index (χ0) is 34.8. The molecule has 254 valence electrons. The number of nitrogens with one attached hydrogen (secondary N) is 4. The van der Waals surface area contributed by atoms with Crippen LogP contribution in [0.25, 0.3) is 0 Å². The number of methoxy groups -OCH3 is 1. The molecule has 0 aliphatic carbocycles. The number of ether oxygens (including phenoxy) is 2. The van der Waals surface area contributed by atoms with Crippen molar-refractivity contribution < 1.29 is 37.0 Å². The van der Waals surface area contributed by atoms with Gasteiger partial charge in [0.05, 0.1) is 13.3 Å². The van der Waals surface area contributed by atoms with Crippen LogP contribution in [0.1, 0.15) is 58.7 Å². The van der Waals surface area contributed by atoms with Crippen LogP contribution in [0.4, 0.5) is 18.0 Å². The predicted octanol–water partition coefficient (Wildman–Crippen LogP) is 4.79. The van der Waals surface area contributed by atoms with Crippen LogP contribution in [-0.4, -0.2) is 80.1 Å². The summed E-state index contributed by atoms with van der Waals surface area (Å²) < 4.78 is 48.2. The number of carbonyl (C=O) groups excluding carboxylic acids is 3.